The second-order valence-electron chi connectivity index (χ2n) is 4.55. The highest BCUT2D eigenvalue weighted by Gasteiger charge is 2.08. The number of ether oxygens (including phenoxy) is 1. The van der Waals surface area contributed by atoms with Crippen molar-refractivity contribution in [2.75, 3.05) is 11.9 Å². The summed E-state index contributed by atoms with van der Waals surface area (Å²) in [7, 11) is 0. The normalized spacial score (nSPS) is 10.1. The molecule has 20 heavy (non-hydrogen) atoms. The molecule has 2 aromatic rings. The van der Waals surface area contributed by atoms with E-state index in [0.29, 0.717) is 23.7 Å². The van der Waals surface area contributed by atoms with Crippen LogP contribution >= 0.6 is 0 Å². The lowest BCUT2D eigenvalue weighted by Crippen LogP contribution is -2.13. The van der Waals surface area contributed by atoms with Gasteiger partial charge in [-0.15, -0.1) is 0 Å². The van der Waals surface area contributed by atoms with E-state index in [1.165, 1.54) is 0 Å². The van der Waals surface area contributed by atoms with Crippen molar-refractivity contribution in [3.8, 4) is 5.75 Å². The van der Waals surface area contributed by atoms with Crippen LogP contribution < -0.4 is 10.1 Å². The van der Waals surface area contributed by atoms with Gasteiger partial charge in [0.25, 0.3) is 5.91 Å². The maximum atomic E-state index is 12.1. The van der Waals surface area contributed by atoms with Crippen LogP contribution in [0, 0.1) is 6.92 Å². The molecule has 4 nitrogen and oxygen atoms in total. The van der Waals surface area contributed by atoms with E-state index < -0.39 is 0 Å². The second kappa shape index (κ2) is 6.70. The highest BCUT2D eigenvalue weighted by atomic mass is 16.5. The predicted molar refractivity (Wildman–Crippen MR) is 79.2 cm³/mol. The lowest BCUT2D eigenvalue weighted by Gasteiger charge is -2.08. The van der Waals surface area contributed by atoms with E-state index in [-0.39, 0.29) is 5.91 Å². The van der Waals surface area contributed by atoms with Gasteiger partial charge in [-0.3, -0.25) is 4.79 Å². The number of amides is 1. The number of benzene rings is 1. The van der Waals surface area contributed by atoms with Crippen LogP contribution in [0.4, 0.5) is 5.82 Å². The van der Waals surface area contributed by atoms with E-state index in [1.54, 1.807) is 18.3 Å². The average Bonchev–Trinajstić information content (AvgIpc) is 2.45. The van der Waals surface area contributed by atoms with Crippen LogP contribution in [0.5, 0.6) is 5.75 Å². The molecule has 1 heterocycles. The molecule has 0 saturated carbocycles. The molecule has 104 valence electrons. The molecule has 1 aromatic carbocycles. The first-order chi connectivity index (χ1) is 9.69. The van der Waals surface area contributed by atoms with E-state index in [9.17, 15) is 4.79 Å². The first-order valence-corrected chi connectivity index (χ1v) is 6.66. The number of aryl methyl sites for hydroxylation is 1. The lowest BCUT2D eigenvalue weighted by molar-refractivity contribution is 0.102. The summed E-state index contributed by atoms with van der Waals surface area (Å²) in [4.78, 5) is 16.3. The highest BCUT2D eigenvalue weighted by Crippen LogP contribution is 2.15. The Morgan fingerprint density at radius 2 is 2.15 bits per heavy atom. The minimum atomic E-state index is -0.190. The van der Waals surface area contributed by atoms with Crippen LogP contribution in [0.1, 0.15) is 29.3 Å². The van der Waals surface area contributed by atoms with Gasteiger partial charge in [0.15, 0.2) is 0 Å². The number of aromatic nitrogens is 1. The first-order valence-electron chi connectivity index (χ1n) is 6.66. The van der Waals surface area contributed by atoms with E-state index in [0.717, 1.165) is 12.0 Å². The zero-order valence-corrected chi connectivity index (χ0v) is 11.7. The summed E-state index contributed by atoms with van der Waals surface area (Å²) in [6.45, 7) is 4.64. The SMILES string of the molecule is CCCOc1cccc(C(=O)Nc2cc(C)ccn2)c1. The van der Waals surface area contributed by atoms with Crippen molar-refractivity contribution in [1.82, 2.24) is 4.98 Å². The van der Waals surface area contributed by atoms with Gasteiger partial charge in [-0.25, -0.2) is 4.98 Å². The van der Waals surface area contributed by atoms with Crippen molar-refractivity contribution in [1.29, 1.82) is 0 Å². The Morgan fingerprint density at radius 1 is 1.30 bits per heavy atom. The Kier molecular flexibility index (Phi) is 4.71. The van der Waals surface area contributed by atoms with Gasteiger partial charge in [0.1, 0.15) is 11.6 Å². The number of anilines is 1. The predicted octanol–water partition coefficient (Wildman–Crippen LogP) is 3.43. The van der Waals surface area contributed by atoms with Crippen LogP contribution in [0.25, 0.3) is 0 Å². The van der Waals surface area contributed by atoms with Crippen LogP contribution in [-0.2, 0) is 0 Å². The van der Waals surface area contributed by atoms with Crippen molar-refractivity contribution in [2.24, 2.45) is 0 Å². The molecule has 0 radical (unpaired) electrons. The maximum Gasteiger partial charge on any atom is 0.256 e. The molecule has 0 saturated heterocycles. The minimum absolute atomic E-state index is 0.190. The molecule has 0 unspecified atom stereocenters. The van der Waals surface area contributed by atoms with Gasteiger partial charge in [0.05, 0.1) is 6.61 Å². The highest BCUT2D eigenvalue weighted by molar-refractivity contribution is 6.04. The number of carbonyl (C=O) groups is 1. The Labute approximate surface area is 118 Å². The third-order valence-electron chi connectivity index (χ3n) is 2.73. The Balaban J connectivity index is 2.09. The fraction of sp³-hybridized carbons (Fsp3) is 0.250. The number of hydrogen-bond donors (Lipinski definition) is 1. The summed E-state index contributed by atoms with van der Waals surface area (Å²) in [5.74, 6) is 1.07. The van der Waals surface area contributed by atoms with Crippen LogP contribution in [0.2, 0.25) is 0 Å². The van der Waals surface area contributed by atoms with Crippen LogP contribution in [0.3, 0.4) is 0 Å². The summed E-state index contributed by atoms with van der Waals surface area (Å²) in [5.41, 5.74) is 1.61. The van der Waals surface area contributed by atoms with Crippen LogP contribution in [0.15, 0.2) is 42.6 Å². The van der Waals surface area contributed by atoms with Gasteiger partial charge in [0, 0.05) is 11.8 Å². The monoisotopic (exact) mass is 270 g/mol. The molecular weight excluding hydrogens is 252 g/mol. The Hall–Kier alpha value is -2.36. The molecule has 0 aliphatic heterocycles. The van der Waals surface area contributed by atoms with E-state index in [1.807, 2.05) is 38.1 Å². The lowest BCUT2D eigenvalue weighted by atomic mass is 10.2. The largest absolute Gasteiger partial charge is 0.494 e. The molecule has 0 aliphatic carbocycles. The van der Waals surface area contributed by atoms with Gasteiger partial charge < -0.3 is 10.1 Å². The van der Waals surface area contributed by atoms with Gasteiger partial charge in [-0.1, -0.05) is 13.0 Å². The minimum Gasteiger partial charge on any atom is -0.494 e. The molecular formula is C16H18N2O2. The van der Waals surface area contributed by atoms with Crippen LogP contribution in [-0.4, -0.2) is 17.5 Å². The number of pyridine rings is 1. The standard InChI is InChI=1S/C16H18N2O2/c1-3-9-20-14-6-4-5-13(11-14)16(19)18-15-10-12(2)7-8-17-15/h4-8,10-11H,3,9H2,1-2H3,(H,17,18,19). The summed E-state index contributed by atoms with van der Waals surface area (Å²) in [5, 5.41) is 2.78. The van der Waals surface area contributed by atoms with Crippen molar-refractivity contribution in [3.05, 3.63) is 53.7 Å². The van der Waals surface area contributed by atoms with Crippen molar-refractivity contribution in [2.45, 2.75) is 20.3 Å². The zero-order chi connectivity index (χ0) is 14.4. The molecule has 0 aliphatic rings. The quantitative estimate of drug-likeness (QED) is 0.905. The second-order valence-corrected chi connectivity index (χ2v) is 4.55. The molecule has 0 fully saturated rings. The molecule has 0 spiro atoms. The average molecular weight is 270 g/mol. The molecule has 4 heteroatoms. The van der Waals surface area contributed by atoms with Crippen molar-refractivity contribution < 1.29 is 9.53 Å². The fourth-order valence-corrected chi connectivity index (χ4v) is 1.74. The molecule has 1 aromatic heterocycles. The zero-order valence-electron chi connectivity index (χ0n) is 11.7. The van der Waals surface area contributed by atoms with Gasteiger partial charge >= 0.3 is 0 Å². The molecule has 1 N–H and O–H groups in total. The third kappa shape index (κ3) is 3.82. The van der Waals surface area contributed by atoms with Crippen molar-refractivity contribution >= 4 is 11.7 Å². The molecule has 0 bridgehead atoms. The number of carbonyl (C=O) groups excluding carboxylic acids is 1. The Bertz CT molecular complexity index is 597. The fourth-order valence-electron chi connectivity index (χ4n) is 1.74. The summed E-state index contributed by atoms with van der Waals surface area (Å²) in [6.07, 6.45) is 2.61. The van der Waals surface area contributed by atoms with E-state index in [4.69, 9.17) is 4.74 Å². The number of rotatable bonds is 5. The summed E-state index contributed by atoms with van der Waals surface area (Å²) >= 11 is 0. The number of nitrogens with zero attached hydrogens (tertiary/aromatic N) is 1. The first kappa shape index (κ1) is 14.1. The van der Waals surface area contributed by atoms with Gasteiger partial charge in [-0.05, 0) is 49.2 Å². The summed E-state index contributed by atoms with van der Waals surface area (Å²) < 4.78 is 5.52. The number of hydrogen-bond acceptors (Lipinski definition) is 3. The smallest absolute Gasteiger partial charge is 0.256 e. The maximum absolute atomic E-state index is 12.1. The van der Waals surface area contributed by atoms with Gasteiger partial charge in [-0.2, -0.15) is 0 Å². The van der Waals surface area contributed by atoms with Gasteiger partial charge in [0.2, 0.25) is 0 Å². The van der Waals surface area contributed by atoms with Crippen molar-refractivity contribution in [3.63, 3.8) is 0 Å². The number of nitrogens with one attached hydrogen (secondary N) is 1. The van der Waals surface area contributed by atoms with E-state index in [2.05, 4.69) is 10.3 Å². The Morgan fingerprint density at radius 3 is 2.90 bits per heavy atom. The topological polar surface area (TPSA) is 51.2 Å². The molecule has 1 amide bonds. The molecule has 0 atom stereocenters. The van der Waals surface area contributed by atoms with E-state index >= 15 is 0 Å². The molecule has 2 rings (SSSR count). The summed E-state index contributed by atoms with van der Waals surface area (Å²) in [6, 6.07) is 10.9. The third-order valence-corrected chi connectivity index (χ3v) is 2.73.